The molecule has 2 N–H and O–H groups in total. The number of amides is 1. The predicted octanol–water partition coefficient (Wildman–Crippen LogP) is 5.44. The van der Waals surface area contributed by atoms with Crippen molar-refractivity contribution in [2.24, 2.45) is 17.8 Å². The number of anilines is 1. The van der Waals surface area contributed by atoms with Crippen molar-refractivity contribution in [2.75, 3.05) is 11.1 Å². The molecule has 2 aromatic heterocycles. The summed E-state index contributed by atoms with van der Waals surface area (Å²) in [7, 11) is 0. The molecule has 0 aliphatic heterocycles. The summed E-state index contributed by atoms with van der Waals surface area (Å²) in [4.78, 5) is 13.6. The number of aromatic nitrogens is 3. The molecule has 0 saturated heterocycles. The Kier molecular flexibility index (Phi) is 5.75. The van der Waals surface area contributed by atoms with E-state index in [-0.39, 0.29) is 17.4 Å². The molecule has 1 aromatic carbocycles. The number of fused-ring (bicyclic) bond motifs is 2. The van der Waals surface area contributed by atoms with E-state index in [0.717, 1.165) is 27.7 Å². The first-order valence-corrected chi connectivity index (χ1v) is 12.7. The van der Waals surface area contributed by atoms with E-state index in [1.807, 2.05) is 6.07 Å². The van der Waals surface area contributed by atoms with Crippen LogP contribution in [0.4, 0.5) is 5.69 Å². The maximum absolute atomic E-state index is 12.5. The standard InChI is InChI=1S/C23H26N4O2S2/c1-14(19-12-15-4-5-16(19)11-15)27-22(20-3-2-10-30-20)25-26-23(27)31-13-21(29)24-17-6-8-18(28)9-7-17/h2-3,6-10,14-16,19,28H,4-5,11-13H2,1H3,(H,24,29). The highest BCUT2D eigenvalue weighted by atomic mass is 32.2. The third-order valence-corrected chi connectivity index (χ3v) is 8.52. The van der Waals surface area contributed by atoms with Gasteiger partial charge in [0, 0.05) is 11.7 Å². The monoisotopic (exact) mass is 454 g/mol. The van der Waals surface area contributed by atoms with E-state index in [9.17, 15) is 9.90 Å². The fourth-order valence-electron chi connectivity index (χ4n) is 5.26. The van der Waals surface area contributed by atoms with Crippen molar-refractivity contribution in [3.63, 3.8) is 0 Å². The molecule has 162 valence electrons. The van der Waals surface area contributed by atoms with Crippen LogP contribution in [0.2, 0.25) is 0 Å². The summed E-state index contributed by atoms with van der Waals surface area (Å²) in [5.41, 5.74) is 0.666. The van der Waals surface area contributed by atoms with Crippen molar-refractivity contribution in [1.29, 1.82) is 0 Å². The Morgan fingerprint density at radius 1 is 1.26 bits per heavy atom. The van der Waals surface area contributed by atoms with Crippen LogP contribution in [0.3, 0.4) is 0 Å². The second kappa shape index (κ2) is 8.67. The highest BCUT2D eigenvalue weighted by molar-refractivity contribution is 7.99. The van der Waals surface area contributed by atoms with Crippen molar-refractivity contribution in [2.45, 2.75) is 43.8 Å². The summed E-state index contributed by atoms with van der Waals surface area (Å²) in [5, 5.41) is 24.2. The van der Waals surface area contributed by atoms with Crippen LogP contribution in [0.1, 0.15) is 38.6 Å². The Morgan fingerprint density at radius 3 is 2.77 bits per heavy atom. The maximum Gasteiger partial charge on any atom is 0.234 e. The van der Waals surface area contributed by atoms with Gasteiger partial charge in [-0.2, -0.15) is 0 Å². The van der Waals surface area contributed by atoms with Crippen molar-refractivity contribution in [1.82, 2.24) is 14.8 Å². The Labute approximate surface area is 190 Å². The van der Waals surface area contributed by atoms with Crippen LogP contribution in [-0.4, -0.2) is 31.5 Å². The van der Waals surface area contributed by atoms with Crippen molar-refractivity contribution >= 4 is 34.7 Å². The number of thiophene rings is 1. The zero-order valence-electron chi connectivity index (χ0n) is 17.4. The highest BCUT2D eigenvalue weighted by Crippen LogP contribution is 2.53. The summed E-state index contributed by atoms with van der Waals surface area (Å²) >= 11 is 3.11. The van der Waals surface area contributed by atoms with Gasteiger partial charge < -0.3 is 10.4 Å². The van der Waals surface area contributed by atoms with Crippen LogP contribution >= 0.6 is 23.1 Å². The van der Waals surface area contributed by atoms with Gasteiger partial charge in [0.2, 0.25) is 5.91 Å². The number of hydrogen-bond donors (Lipinski definition) is 2. The second-order valence-electron chi connectivity index (χ2n) is 8.62. The summed E-state index contributed by atoms with van der Waals surface area (Å²) in [6, 6.07) is 10.9. The number of benzene rings is 1. The van der Waals surface area contributed by atoms with Crippen LogP contribution in [0.15, 0.2) is 46.9 Å². The molecule has 2 bridgehead atoms. The molecule has 2 aliphatic carbocycles. The Balaban J connectivity index is 1.34. The number of aromatic hydroxyl groups is 1. The minimum absolute atomic E-state index is 0.101. The van der Waals surface area contributed by atoms with Gasteiger partial charge in [-0.15, -0.1) is 21.5 Å². The molecule has 3 aromatic rings. The fraction of sp³-hybridized carbons (Fsp3) is 0.435. The molecular weight excluding hydrogens is 428 g/mol. The molecule has 5 rings (SSSR count). The maximum atomic E-state index is 12.5. The van der Waals surface area contributed by atoms with Crippen molar-refractivity contribution < 1.29 is 9.90 Å². The average Bonchev–Trinajstić information content (AvgIpc) is 3.57. The van der Waals surface area contributed by atoms with Gasteiger partial charge in [-0.1, -0.05) is 24.2 Å². The highest BCUT2D eigenvalue weighted by Gasteiger charge is 2.43. The lowest BCUT2D eigenvalue weighted by Gasteiger charge is -2.30. The van der Waals surface area contributed by atoms with E-state index >= 15 is 0 Å². The topological polar surface area (TPSA) is 80.0 Å². The van der Waals surface area contributed by atoms with E-state index in [4.69, 9.17) is 0 Å². The van der Waals surface area contributed by atoms with Gasteiger partial charge >= 0.3 is 0 Å². The normalized spacial score (nSPS) is 23.2. The molecule has 2 saturated carbocycles. The van der Waals surface area contributed by atoms with E-state index < -0.39 is 0 Å². The Hall–Kier alpha value is -2.32. The first-order chi connectivity index (χ1) is 15.1. The number of hydrogen-bond acceptors (Lipinski definition) is 6. The van der Waals surface area contributed by atoms with Crippen LogP contribution in [0.25, 0.3) is 10.7 Å². The third kappa shape index (κ3) is 4.23. The molecule has 31 heavy (non-hydrogen) atoms. The summed E-state index contributed by atoms with van der Waals surface area (Å²) in [5.74, 6) is 3.57. The molecule has 0 radical (unpaired) electrons. The van der Waals surface area contributed by atoms with E-state index in [1.54, 1.807) is 35.6 Å². The molecule has 2 aliphatic rings. The quantitative estimate of drug-likeness (QED) is 0.367. The molecule has 1 amide bonds. The van der Waals surface area contributed by atoms with E-state index in [1.165, 1.54) is 37.4 Å². The van der Waals surface area contributed by atoms with E-state index in [2.05, 4.69) is 38.5 Å². The number of phenolic OH excluding ortho intramolecular Hbond substituents is 1. The Morgan fingerprint density at radius 2 is 2.10 bits per heavy atom. The number of rotatable bonds is 7. The zero-order valence-corrected chi connectivity index (χ0v) is 19.0. The predicted molar refractivity (Wildman–Crippen MR) is 124 cm³/mol. The molecule has 4 atom stereocenters. The third-order valence-electron chi connectivity index (χ3n) is 6.71. The average molecular weight is 455 g/mol. The molecule has 2 fully saturated rings. The fourth-order valence-corrected chi connectivity index (χ4v) is 6.79. The number of phenols is 1. The lowest BCUT2D eigenvalue weighted by atomic mass is 9.84. The minimum Gasteiger partial charge on any atom is -0.508 e. The molecule has 8 heteroatoms. The van der Waals surface area contributed by atoms with Gasteiger partial charge in [0.1, 0.15) is 5.75 Å². The summed E-state index contributed by atoms with van der Waals surface area (Å²) in [6.07, 6.45) is 5.38. The van der Waals surface area contributed by atoms with Crippen LogP contribution < -0.4 is 5.32 Å². The minimum atomic E-state index is -0.101. The molecule has 0 spiro atoms. The first-order valence-electron chi connectivity index (χ1n) is 10.8. The largest absolute Gasteiger partial charge is 0.508 e. The van der Waals surface area contributed by atoms with Crippen molar-refractivity contribution in [3.8, 4) is 16.5 Å². The van der Waals surface area contributed by atoms with Crippen LogP contribution in [0.5, 0.6) is 5.75 Å². The smallest absolute Gasteiger partial charge is 0.234 e. The van der Waals surface area contributed by atoms with Gasteiger partial charge in [-0.05, 0) is 79.7 Å². The first kappa shape index (κ1) is 20.6. The second-order valence-corrected chi connectivity index (χ2v) is 10.5. The van der Waals surface area contributed by atoms with Crippen molar-refractivity contribution in [3.05, 3.63) is 41.8 Å². The number of nitrogens with one attached hydrogen (secondary N) is 1. The van der Waals surface area contributed by atoms with E-state index in [0.29, 0.717) is 17.6 Å². The molecule has 4 unspecified atom stereocenters. The molecular formula is C23H26N4O2S2. The summed E-state index contributed by atoms with van der Waals surface area (Å²) in [6.45, 7) is 2.30. The number of carbonyl (C=O) groups is 1. The number of carbonyl (C=O) groups excluding carboxylic acids is 1. The zero-order chi connectivity index (χ0) is 21.4. The van der Waals surface area contributed by atoms with Crippen LogP contribution in [-0.2, 0) is 4.79 Å². The van der Waals surface area contributed by atoms with Crippen LogP contribution in [0, 0.1) is 17.8 Å². The van der Waals surface area contributed by atoms with Gasteiger partial charge in [-0.25, -0.2) is 0 Å². The molecule has 2 heterocycles. The van der Waals surface area contributed by atoms with Gasteiger partial charge in [0.05, 0.1) is 10.6 Å². The lowest BCUT2D eigenvalue weighted by molar-refractivity contribution is -0.113. The van der Waals surface area contributed by atoms with Gasteiger partial charge in [0.25, 0.3) is 0 Å². The summed E-state index contributed by atoms with van der Waals surface area (Å²) < 4.78 is 2.27. The molecule has 6 nitrogen and oxygen atoms in total. The SMILES string of the molecule is CC(C1CC2CCC1C2)n1c(SCC(=O)Nc2ccc(O)cc2)nnc1-c1cccs1. The lowest BCUT2D eigenvalue weighted by Crippen LogP contribution is -2.23. The van der Waals surface area contributed by atoms with Gasteiger partial charge in [-0.3, -0.25) is 9.36 Å². The number of thioether (sulfide) groups is 1. The number of nitrogens with zero attached hydrogens (tertiary/aromatic N) is 3. The van der Waals surface area contributed by atoms with Gasteiger partial charge in [0.15, 0.2) is 11.0 Å². The Bertz CT molecular complexity index is 1050.